The number of likely N-dealkylation sites (N-methyl/N-ethyl adjacent to an activating group) is 2. The van der Waals surface area contributed by atoms with Crippen LogP contribution in [0.25, 0.3) is 0 Å². The molecule has 8 heteroatoms. The van der Waals surface area contributed by atoms with E-state index in [0.717, 1.165) is 4.90 Å². The molecule has 182 valence electrons. The molecule has 0 bridgehead atoms. The molecule has 0 aromatic rings. The summed E-state index contributed by atoms with van der Waals surface area (Å²) in [6, 6.07) is -2.88. The molecule has 32 heavy (non-hydrogen) atoms. The van der Waals surface area contributed by atoms with Crippen molar-refractivity contribution < 1.29 is 24.3 Å². The predicted octanol–water partition coefficient (Wildman–Crippen LogP) is 2.84. The first-order valence-electron chi connectivity index (χ1n) is 11.1. The average molecular weight is 452 g/mol. The zero-order chi connectivity index (χ0) is 25.2. The smallest absolute Gasteiger partial charge is 0.326 e. The van der Waals surface area contributed by atoms with Gasteiger partial charge in [0.1, 0.15) is 18.1 Å². The molecule has 0 spiro atoms. The van der Waals surface area contributed by atoms with Crippen molar-refractivity contribution in [1.82, 2.24) is 15.1 Å². The Hall–Kier alpha value is -2.64. The fourth-order valence-electron chi connectivity index (χ4n) is 3.18. The summed E-state index contributed by atoms with van der Waals surface area (Å²) in [5.41, 5.74) is 0.578. The van der Waals surface area contributed by atoms with E-state index in [0.29, 0.717) is 12.0 Å². The average Bonchev–Trinajstić information content (AvgIpc) is 2.73. The number of carboxylic acid groups (broad SMARTS) is 1. The molecule has 4 atom stereocenters. The number of nitrogens with zero attached hydrogens (tertiary/aromatic N) is 2. The van der Waals surface area contributed by atoms with Gasteiger partial charge in [0.15, 0.2) is 0 Å². The largest absolute Gasteiger partial charge is 0.480 e. The van der Waals surface area contributed by atoms with Crippen molar-refractivity contribution in [3.63, 3.8) is 0 Å². The highest BCUT2D eigenvalue weighted by Crippen LogP contribution is 2.22. The maximum absolute atomic E-state index is 13.3. The molecule has 0 fully saturated rings. The van der Waals surface area contributed by atoms with Gasteiger partial charge in [-0.3, -0.25) is 14.4 Å². The standard InChI is InChI=1S/C24H41N3O5/c1-10-12-13-16(5)17(6)21(27(9)20(28)14-15(3)4)22(29)25-19(11-2)23(30)26(8)18(7)24(31)32/h10,12,15-16,18-19,21H,6,11,13-14H2,1-5,7-9H3,(H,25,29)(H,31,32)/b12-10+/t16-,18?,19+,21?/m1/s1. The molecule has 2 N–H and O–H groups in total. The van der Waals surface area contributed by atoms with Crippen LogP contribution in [0.2, 0.25) is 0 Å². The fourth-order valence-corrected chi connectivity index (χ4v) is 3.18. The highest BCUT2D eigenvalue weighted by Gasteiger charge is 2.35. The van der Waals surface area contributed by atoms with Crippen molar-refractivity contribution in [3.05, 3.63) is 24.3 Å². The lowest BCUT2D eigenvalue weighted by Gasteiger charge is -2.33. The van der Waals surface area contributed by atoms with E-state index in [1.165, 1.54) is 18.9 Å². The topological polar surface area (TPSA) is 107 Å². The van der Waals surface area contributed by atoms with Crippen LogP contribution in [0.3, 0.4) is 0 Å². The molecule has 0 saturated carbocycles. The van der Waals surface area contributed by atoms with Crippen LogP contribution >= 0.6 is 0 Å². The first-order valence-corrected chi connectivity index (χ1v) is 11.1. The second kappa shape index (κ2) is 13.7. The van der Waals surface area contributed by atoms with Gasteiger partial charge in [0.25, 0.3) is 0 Å². The summed E-state index contributed by atoms with van der Waals surface area (Å²) in [5, 5.41) is 11.9. The highest BCUT2D eigenvalue weighted by molar-refractivity contribution is 5.94. The minimum Gasteiger partial charge on any atom is -0.480 e. The van der Waals surface area contributed by atoms with Crippen molar-refractivity contribution in [1.29, 1.82) is 0 Å². The second-order valence-corrected chi connectivity index (χ2v) is 8.72. The van der Waals surface area contributed by atoms with Gasteiger partial charge in [-0.1, -0.05) is 46.4 Å². The van der Waals surface area contributed by atoms with Crippen LogP contribution in [0, 0.1) is 11.8 Å². The van der Waals surface area contributed by atoms with Gasteiger partial charge in [0.2, 0.25) is 17.7 Å². The van der Waals surface area contributed by atoms with E-state index in [1.54, 1.807) is 14.0 Å². The molecule has 0 aromatic carbocycles. The Morgan fingerprint density at radius 3 is 2.06 bits per heavy atom. The van der Waals surface area contributed by atoms with Gasteiger partial charge in [-0.2, -0.15) is 0 Å². The third kappa shape index (κ3) is 8.48. The van der Waals surface area contributed by atoms with Gasteiger partial charge in [0, 0.05) is 20.5 Å². The van der Waals surface area contributed by atoms with Crippen molar-refractivity contribution in [2.45, 2.75) is 78.9 Å². The van der Waals surface area contributed by atoms with E-state index in [-0.39, 0.29) is 30.6 Å². The number of aliphatic carboxylic acids is 1. The summed E-state index contributed by atoms with van der Waals surface area (Å²) in [6.07, 6.45) is 5.11. The summed E-state index contributed by atoms with van der Waals surface area (Å²) in [5.74, 6) is -2.27. The second-order valence-electron chi connectivity index (χ2n) is 8.72. The number of rotatable bonds is 13. The Morgan fingerprint density at radius 1 is 1.06 bits per heavy atom. The van der Waals surface area contributed by atoms with E-state index < -0.39 is 35.9 Å². The normalized spacial score (nSPS) is 15.0. The molecule has 0 heterocycles. The molecule has 3 amide bonds. The molecule has 0 rings (SSSR count). The molecule has 2 unspecified atom stereocenters. The van der Waals surface area contributed by atoms with Crippen molar-refractivity contribution in [2.24, 2.45) is 11.8 Å². The van der Waals surface area contributed by atoms with Crippen molar-refractivity contribution >= 4 is 23.7 Å². The Labute approximate surface area is 192 Å². The third-order valence-corrected chi connectivity index (χ3v) is 5.63. The maximum atomic E-state index is 13.3. The summed E-state index contributed by atoms with van der Waals surface area (Å²) in [6.45, 7) is 14.9. The predicted molar refractivity (Wildman–Crippen MR) is 126 cm³/mol. The van der Waals surface area contributed by atoms with Crippen LogP contribution in [0.1, 0.15) is 60.8 Å². The van der Waals surface area contributed by atoms with Gasteiger partial charge in [-0.05, 0) is 44.1 Å². The van der Waals surface area contributed by atoms with Crippen molar-refractivity contribution in [3.8, 4) is 0 Å². The molecular formula is C24H41N3O5. The Morgan fingerprint density at radius 2 is 1.62 bits per heavy atom. The molecular weight excluding hydrogens is 410 g/mol. The van der Waals surface area contributed by atoms with Gasteiger partial charge in [-0.25, -0.2) is 4.79 Å². The third-order valence-electron chi connectivity index (χ3n) is 5.63. The lowest BCUT2D eigenvalue weighted by Crippen LogP contribution is -2.56. The molecule has 8 nitrogen and oxygen atoms in total. The first kappa shape index (κ1) is 29.4. The highest BCUT2D eigenvalue weighted by atomic mass is 16.4. The van der Waals surface area contributed by atoms with Gasteiger partial charge in [0.05, 0.1) is 0 Å². The number of hydrogen-bond donors (Lipinski definition) is 2. The van der Waals surface area contributed by atoms with Crippen LogP contribution in [0.4, 0.5) is 0 Å². The SMILES string of the molecule is C=C(C(C(=O)N[C@@H](CC)C(=O)N(C)C(C)C(=O)O)N(C)C(=O)CC(C)C)[C@H](C)C/C=C/C. The maximum Gasteiger partial charge on any atom is 0.326 e. The number of carboxylic acids is 1. The quantitative estimate of drug-likeness (QED) is 0.419. The van der Waals surface area contributed by atoms with Gasteiger partial charge < -0.3 is 20.2 Å². The molecule has 0 aliphatic rings. The molecule has 0 aromatic heterocycles. The summed E-state index contributed by atoms with van der Waals surface area (Å²) in [4.78, 5) is 52.6. The number of nitrogens with one attached hydrogen (secondary N) is 1. The van der Waals surface area contributed by atoms with Crippen LogP contribution in [-0.2, 0) is 19.2 Å². The monoisotopic (exact) mass is 451 g/mol. The summed E-state index contributed by atoms with van der Waals surface area (Å²) >= 11 is 0. The summed E-state index contributed by atoms with van der Waals surface area (Å²) < 4.78 is 0. The molecule has 0 radical (unpaired) electrons. The number of hydrogen-bond acceptors (Lipinski definition) is 4. The number of amides is 3. The van der Waals surface area contributed by atoms with E-state index in [9.17, 15) is 24.3 Å². The number of allylic oxidation sites excluding steroid dienone is 2. The minimum atomic E-state index is -1.13. The zero-order valence-corrected chi connectivity index (χ0v) is 20.8. The van der Waals surface area contributed by atoms with Crippen LogP contribution in [-0.4, -0.2) is 70.8 Å². The first-order chi connectivity index (χ1) is 14.8. The fraction of sp³-hybridized carbons (Fsp3) is 0.667. The Kier molecular flexibility index (Phi) is 12.6. The van der Waals surface area contributed by atoms with Crippen molar-refractivity contribution in [2.75, 3.05) is 14.1 Å². The Bertz CT molecular complexity index is 716. The lowest BCUT2D eigenvalue weighted by molar-refractivity contribution is -0.149. The number of carbonyl (C=O) groups excluding carboxylic acids is 3. The molecule has 0 aliphatic heterocycles. The van der Waals surface area contributed by atoms with E-state index in [4.69, 9.17) is 0 Å². The van der Waals surface area contributed by atoms with E-state index in [2.05, 4.69) is 11.9 Å². The summed E-state index contributed by atoms with van der Waals surface area (Å²) in [7, 11) is 2.97. The lowest BCUT2D eigenvalue weighted by atomic mass is 9.90. The van der Waals surface area contributed by atoms with Crippen LogP contribution in [0.15, 0.2) is 24.3 Å². The Balaban J connectivity index is 5.83. The van der Waals surface area contributed by atoms with Crippen LogP contribution in [0.5, 0.6) is 0 Å². The van der Waals surface area contributed by atoms with E-state index >= 15 is 0 Å². The van der Waals surface area contributed by atoms with Crippen LogP contribution < -0.4 is 5.32 Å². The molecule has 0 saturated heterocycles. The van der Waals surface area contributed by atoms with Gasteiger partial charge >= 0.3 is 5.97 Å². The molecule has 0 aliphatic carbocycles. The van der Waals surface area contributed by atoms with E-state index in [1.807, 2.05) is 39.8 Å². The number of carbonyl (C=O) groups is 4. The minimum absolute atomic E-state index is 0.0678. The van der Waals surface area contributed by atoms with Gasteiger partial charge in [-0.15, -0.1) is 0 Å². The zero-order valence-electron chi connectivity index (χ0n) is 20.8.